The van der Waals surface area contributed by atoms with Crippen LogP contribution in [0.5, 0.6) is 0 Å². The lowest BCUT2D eigenvalue weighted by molar-refractivity contribution is -0.117. The highest BCUT2D eigenvalue weighted by atomic mass is 35.5. The van der Waals surface area contributed by atoms with Gasteiger partial charge in [0.1, 0.15) is 0 Å². The molecule has 0 fully saturated rings. The zero-order chi connectivity index (χ0) is 18.5. The summed E-state index contributed by atoms with van der Waals surface area (Å²) in [6.07, 6.45) is 2.67. The number of halogens is 2. The van der Waals surface area contributed by atoms with Crippen LogP contribution in [-0.4, -0.2) is 33.7 Å². The maximum atomic E-state index is 11.4. The standard InChI is InChI=1S/C19H19Cl2N3OS/c20-10-12-24-13-26(18-3-1-2-11-23-18)16(8-9-17(22)25)19(24)14-4-6-15(21)7-5-14/h1-7,11,13H,8-10,12H2,(H2,22,25). The average molecular weight is 408 g/mol. The first-order chi connectivity index (χ1) is 12.6. The molecule has 0 radical (unpaired) electrons. The van der Waals surface area contributed by atoms with Gasteiger partial charge in [0.2, 0.25) is 5.91 Å². The number of allylic oxidation sites excluding steroid dienone is 1. The Hall–Kier alpha value is -1.82. The van der Waals surface area contributed by atoms with Crippen LogP contribution in [0.4, 0.5) is 0 Å². The Morgan fingerprint density at radius 1 is 1.19 bits per heavy atom. The quantitative estimate of drug-likeness (QED) is 0.549. The number of carbonyl (C=O) groups is 1. The van der Waals surface area contributed by atoms with Crippen molar-refractivity contribution in [3.8, 4) is 0 Å². The molecule has 3 rings (SSSR count). The van der Waals surface area contributed by atoms with Gasteiger partial charge >= 0.3 is 0 Å². The highest BCUT2D eigenvalue weighted by molar-refractivity contribution is 8.18. The number of alkyl halides is 1. The Bertz CT molecular complexity index is 851. The van der Waals surface area contributed by atoms with Gasteiger partial charge < -0.3 is 10.6 Å². The van der Waals surface area contributed by atoms with Crippen molar-refractivity contribution in [3.05, 3.63) is 64.2 Å². The normalized spacial score (nSPS) is 16.7. The van der Waals surface area contributed by atoms with Gasteiger partial charge in [0.15, 0.2) is 0 Å². The third-order valence-electron chi connectivity index (χ3n) is 3.95. The minimum Gasteiger partial charge on any atom is -0.370 e. The highest BCUT2D eigenvalue weighted by Gasteiger charge is 2.26. The molecule has 1 unspecified atom stereocenters. The van der Waals surface area contributed by atoms with Crippen molar-refractivity contribution in [2.45, 2.75) is 17.9 Å². The summed E-state index contributed by atoms with van der Waals surface area (Å²) in [5.74, 6) is 0.184. The summed E-state index contributed by atoms with van der Waals surface area (Å²) >= 11 is 12.1. The maximum absolute atomic E-state index is 11.4. The molecular weight excluding hydrogens is 389 g/mol. The van der Waals surface area contributed by atoms with E-state index in [1.807, 2.05) is 42.5 Å². The first-order valence-corrected chi connectivity index (χ1v) is 10.4. The molecule has 7 heteroatoms. The Morgan fingerprint density at radius 2 is 1.96 bits per heavy atom. The fraction of sp³-hybridized carbons (Fsp3) is 0.211. The SMILES string of the molecule is NC(=O)CCC1=C(c2ccc(Cl)cc2)N(CCCl)C=S1c1ccccn1. The van der Waals surface area contributed by atoms with Gasteiger partial charge in [-0.15, -0.1) is 11.6 Å². The van der Waals surface area contributed by atoms with Crippen molar-refractivity contribution in [2.75, 3.05) is 12.4 Å². The second kappa shape index (κ2) is 8.71. The lowest BCUT2D eigenvalue weighted by atomic mass is 10.1. The predicted molar refractivity (Wildman–Crippen MR) is 110 cm³/mol. The molecular formula is C19H19Cl2N3OS. The predicted octanol–water partition coefficient (Wildman–Crippen LogP) is 4.31. The summed E-state index contributed by atoms with van der Waals surface area (Å²) in [6, 6.07) is 13.6. The van der Waals surface area contributed by atoms with Gasteiger partial charge in [0, 0.05) is 40.5 Å². The average Bonchev–Trinajstić information content (AvgIpc) is 3.00. The first-order valence-electron chi connectivity index (χ1n) is 8.19. The summed E-state index contributed by atoms with van der Waals surface area (Å²) in [5, 5.41) is 1.65. The third-order valence-corrected chi connectivity index (χ3v) is 6.46. The molecule has 26 heavy (non-hydrogen) atoms. The summed E-state index contributed by atoms with van der Waals surface area (Å²) in [7, 11) is -0.342. The zero-order valence-electron chi connectivity index (χ0n) is 14.1. The molecule has 1 amide bonds. The molecule has 0 bridgehead atoms. The Balaban J connectivity index is 2.11. The van der Waals surface area contributed by atoms with Crippen molar-refractivity contribution in [1.29, 1.82) is 0 Å². The van der Waals surface area contributed by atoms with Gasteiger partial charge in [-0.2, -0.15) is 0 Å². The molecule has 1 aliphatic heterocycles. The van der Waals surface area contributed by atoms with E-state index in [-0.39, 0.29) is 16.4 Å². The highest BCUT2D eigenvalue weighted by Crippen LogP contribution is 2.46. The van der Waals surface area contributed by atoms with Crippen LogP contribution in [0.2, 0.25) is 5.02 Å². The lowest BCUT2D eigenvalue weighted by Crippen LogP contribution is -2.20. The lowest BCUT2D eigenvalue weighted by Gasteiger charge is -2.20. The fourth-order valence-corrected chi connectivity index (χ4v) is 5.25. The van der Waals surface area contributed by atoms with Crippen molar-refractivity contribution >= 4 is 50.8 Å². The van der Waals surface area contributed by atoms with Crippen LogP contribution >= 0.6 is 33.7 Å². The molecule has 0 saturated heterocycles. The van der Waals surface area contributed by atoms with Crippen LogP contribution in [0.3, 0.4) is 0 Å². The summed E-state index contributed by atoms with van der Waals surface area (Å²) in [5.41, 5.74) is 9.68. The van der Waals surface area contributed by atoms with E-state index >= 15 is 0 Å². The van der Waals surface area contributed by atoms with Crippen LogP contribution in [0.1, 0.15) is 18.4 Å². The molecule has 2 N–H and O–H groups in total. The Labute approximate surface area is 165 Å². The van der Waals surface area contributed by atoms with Crippen molar-refractivity contribution < 1.29 is 4.79 Å². The van der Waals surface area contributed by atoms with Gasteiger partial charge in [0.25, 0.3) is 0 Å². The molecule has 1 aromatic heterocycles. The van der Waals surface area contributed by atoms with E-state index in [0.29, 0.717) is 30.3 Å². The number of carbonyl (C=O) groups excluding carboxylic acids is 1. The van der Waals surface area contributed by atoms with Crippen LogP contribution < -0.4 is 5.73 Å². The minimum absolute atomic E-state index is 0.297. The van der Waals surface area contributed by atoms with Gasteiger partial charge in [0.05, 0.1) is 10.7 Å². The van der Waals surface area contributed by atoms with E-state index in [0.717, 1.165) is 21.2 Å². The molecule has 2 heterocycles. The molecule has 0 aliphatic carbocycles. The zero-order valence-corrected chi connectivity index (χ0v) is 16.4. The van der Waals surface area contributed by atoms with E-state index in [1.165, 1.54) is 0 Å². The number of primary amides is 1. The number of amides is 1. The van der Waals surface area contributed by atoms with E-state index in [4.69, 9.17) is 28.9 Å². The Morgan fingerprint density at radius 3 is 2.58 bits per heavy atom. The molecule has 1 atom stereocenters. The van der Waals surface area contributed by atoms with Gasteiger partial charge in [-0.05, 0) is 36.2 Å². The number of pyridine rings is 1. The summed E-state index contributed by atoms with van der Waals surface area (Å²) in [4.78, 5) is 19.2. The van der Waals surface area contributed by atoms with E-state index < -0.39 is 0 Å². The number of nitrogens with zero attached hydrogens (tertiary/aromatic N) is 2. The number of hydrogen-bond donors (Lipinski definition) is 1. The number of rotatable bonds is 7. The molecule has 1 aromatic carbocycles. The molecule has 0 saturated carbocycles. The molecule has 4 nitrogen and oxygen atoms in total. The van der Waals surface area contributed by atoms with Crippen molar-refractivity contribution in [1.82, 2.24) is 9.88 Å². The second-order valence-electron chi connectivity index (χ2n) is 5.74. The maximum Gasteiger partial charge on any atom is 0.217 e. The van der Waals surface area contributed by atoms with Crippen molar-refractivity contribution in [2.24, 2.45) is 5.73 Å². The molecule has 0 spiro atoms. The topological polar surface area (TPSA) is 59.2 Å². The second-order valence-corrected chi connectivity index (χ2v) is 8.35. The largest absolute Gasteiger partial charge is 0.370 e. The fourth-order valence-electron chi connectivity index (χ4n) is 2.82. The van der Waals surface area contributed by atoms with Crippen LogP contribution in [0, 0.1) is 0 Å². The third kappa shape index (κ3) is 4.29. The molecule has 136 valence electrons. The van der Waals surface area contributed by atoms with Gasteiger partial charge in [-0.1, -0.05) is 40.3 Å². The Kier molecular flexibility index (Phi) is 6.35. The number of aromatic nitrogens is 1. The molecule has 2 aromatic rings. The van der Waals surface area contributed by atoms with Gasteiger partial charge in [-0.25, -0.2) is 0 Å². The van der Waals surface area contributed by atoms with Crippen LogP contribution in [0.15, 0.2) is 58.6 Å². The van der Waals surface area contributed by atoms with E-state index in [2.05, 4.69) is 15.4 Å². The van der Waals surface area contributed by atoms with Crippen LogP contribution in [-0.2, 0) is 4.79 Å². The summed E-state index contributed by atoms with van der Waals surface area (Å²) in [6.45, 7) is 0.677. The minimum atomic E-state index is -0.342. The van der Waals surface area contributed by atoms with E-state index in [1.54, 1.807) is 6.20 Å². The summed E-state index contributed by atoms with van der Waals surface area (Å²) < 4.78 is 0. The van der Waals surface area contributed by atoms with Crippen LogP contribution in [0.25, 0.3) is 5.70 Å². The van der Waals surface area contributed by atoms with E-state index in [9.17, 15) is 4.79 Å². The van der Waals surface area contributed by atoms with Crippen molar-refractivity contribution in [3.63, 3.8) is 0 Å². The smallest absolute Gasteiger partial charge is 0.217 e. The molecule has 1 aliphatic rings. The van der Waals surface area contributed by atoms with Gasteiger partial charge in [-0.3, -0.25) is 9.78 Å². The number of hydrogen-bond acceptors (Lipinski definition) is 3. The number of nitrogens with two attached hydrogens (primary N) is 1. The first kappa shape index (κ1) is 19.0. The monoisotopic (exact) mass is 407 g/mol. The number of benzene rings is 1.